The number of rotatable bonds is 6. The number of anilines is 3. The maximum Gasteiger partial charge on any atom is 0.227 e. The lowest BCUT2D eigenvalue weighted by Crippen LogP contribution is -2.36. The van der Waals surface area contributed by atoms with E-state index in [0.717, 1.165) is 50.4 Å². The van der Waals surface area contributed by atoms with Crippen molar-refractivity contribution in [3.63, 3.8) is 0 Å². The van der Waals surface area contributed by atoms with Crippen molar-refractivity contribution in [2.75, 3.05) is 49.7 Å². The van der Waals surface area contributed by atoms with Crippen LogP contribution in [0, 0.1) is 18.3 Å². The summed E-state index contributed by atoms with van der Waals surface area (Å²) in [5, 5.41) is 13.1. The highest BCUT2D eigenvalue weighted by Gasteiger charge is 2.21. The number of aryl methyl sites for hydroxylation is 1. The van der Waals surface area contributed by atoms with Crippen LogP contribution >= 0.6 is 0 Å². The van der Waals surface area contributed by atoms with E-state index >= 15 is 0 Å². The first-order chi connectivity index (χ1) is 17.2. The van der Waals surface area contributed by atoms with Crippen molar-refractivity contribution in [2.45, 2.75) is 25.9 Å². The lowest BCUT2D eigenvalue weighted by molar-refractivity contribution is 0.0257. The second-order valence-electron chi connectivity index (χ2n) is 8.71. The Balaban J connectivity index is 1.41. The zero-order valence-electron chi connectivity index (χ0n) is 19.9. The van der Waals surface area contributed by atoms with Crippen LogP contribution in [0.4, 0.5) is 17.3 Å². The summed E-state index contributed by atoms with van der Waals surface area (Å²) in [5.74, 6) is 1.05. The van der Waals surface area contributed by atoms with Crippen molar-refractivity contribution in [2.24, 2.45) is 0 Å². The predicted octanol–water partition coefficient (Wildman–Crippen LogP) is 4.46. The second kappa shape index (κ2) is 10.7. The van der Waals surface area contributed by atoms with Crippen LogP contribution < -0.4 is 15.0 Å². The van der Waals surface area contributed by atoms with Gasteiger partial charge in [0, 0.05) is 49.1 Å². The minimum Gasteiger partial charge on any atom is -0.488 e. The summed E-state index contributed by atoms with van der Waals surface area (Å²) >= 11 is 0. The van der Waals surface area contributed by atoms with Gasteiger partial charge in [-0.1, -0.05) is 12.1 Å². The second-order valence-corrected chi connectivity index (χ2v) is 8.71. The summed E-state index contributed by atoms with van der Waals surface area (Å²) in [7, 11) is 0. The van der Waals surface area contributed by atoms with E-state index in [1.54, 1.807) is 12.3 Å². The van der Waals surface area contributed by atoms with Gasteiger partial charge in [-0.3, -0.25) is 0 Å². The number of benzene rings is 2. The highest BCUT2D eigenvalue weighted by Crippen LogP contribution is 2.34. The summed E-state index contributed by atoms with van der Waals surface area (Å²) in [6.07, 6.45) is 3.34. The van der Waals surface area contributed by atoms with Crippen LogP contribution in [0.5, 0.6) is 5.75 Å². The molecule has 3 aromatic rings. The van der Waals surface area contributed by atoms with Crippen LogP contribution in [0.2, 0.25) is 0 Å². The van der Waals surface area contributed by atoms with E-state index in [4.69, 9.17) is 19.2 Å². The Hall–Kier alpha value is -3.67. The summed E-state index contributed by atoms with van der Waals surface area (Å²) in [4.78, 5) is 11.5. The lowest BCUT2D eigenvalue weighted by Gasteiger charge is -2.30. The zero-order valence-corrected chi connectivity index (χ0v) is 19.9. The molecule has 0 amide bonds. The molecule has 8 heteroatoms. The van der Waals surface area contributed by atoms with Crippen molar-refractivity contribution in [3.8, 4) is 23.1 Å². The fourth-order valence-electron chi connectivity index (χ4n) is 4.44. The van der Waals surface area contributed by atoms with Gasteiger partial charge in [0.1, 0.15) is 17.9 Å². The Morgan fingerprint density at radius 1 is 1.06 bits per heavy atom. The number of nitriles is 1. The Morgan fingerprint density at radius 3 is 2.66 bits per heavy atom. The van der Waals surface area contributed by atoms with Gasteiger partial charge >= 0.3 is 0 Å². The van der Waals surface area contributed by atoms with Gasteiger partial charge in [0.15, 0.2) is 0 Å². The van der Waals surface area contributed by atoms with Gasteiger partial charge in [0.05, 0.1) is 37.7 Å². The maximum atomic E-state index is 9.71. The van der Waals surface area contributed by atoms with E-state index in [1.165, 1.54) is 11.3 Å². The predicted molar refractivity (Wildman–Crippen MR) is 134 cm³/mol. The van der Waals surface area contributed by atoms with E-state index in [0.29, 0.717) is 36.2 Å². The molecule has 2 aromatic carbocycles. The number of hydrogen-bond donors (Lipinski definition) is 1. The Labute approximate surface area is 205 Å². The molecule has 0 bridgehead atoms. The molecule has 5 rings (SSSR count). The SMILES string of the molecule is Cc1ccc(Nc2nccc(-c3cccc(C#N)c3OC3CCOCC3)n2)cc1N1CCOCC1. The largest absolute Gasteiger partial charge is 0.488 e. The fraction of sp³-hybridized carbons (Fsp3) is 0.370. The molecule has 2 fully saturated rings. The summed E-state index contributed by atoms with van der Waals surface area (Å²) in [6, 6.07) is 15.9. The molecule has 2 saturated heterocycles. The van der Waals surface area contributed by atoms with Crippen LogP contribution in [0.1, 0.15) is 24.0 Å². The van der Waals surface area contributed by atoms with Gasteiger partial charge in [-0.15, -0.1) is 0 Å². The fourth-order valence-corrected chi connectivity index (χ4v) is 4.44. The number of ether oxygens (including phenoxy) is 3. The highest BCUT2D eigenvalue weighted by molar-refractivity contribution is 5.72. The van der Waals surface area contributed by atoms with Crippen molar-refractivity contribution < 1.29 is 14.2 Å². The number of aromatic nitrogens is 2. The lowest BCUT2D eigenvalue weighted by atomic mass is 10.1. The number of morpholine rings is 1. The molecular weight excluding hydrogens is 442 g/mol. The molecule has 180 valence electrons. The van der Waals surface area contributed by atoms with E-state index in [2.05, 4.69) is 40.3 Å². The van der Waals surface area contributed by atoms with Gasteiger partial charge in [0.2, 0.25) is 5.95 Å². The highest BCUT2D eigenvalue weighted by atomic mass is 16.5. The van der Waals surface area contributed by atoms with E-state index < -0.39 is 0 Å². The van der Waals surface area contributed by atoms with Crippen LogP contribution in [0.15, 0.2) is 48.7 Å². The van der Waals surface area contributed by atoms with Crippen molar-refractivity contribution in [1.82, 2.24) is 9.97 Å². The molecule has 2 aliphatic rings. The average Bonchev–Trinajstić information content (AvgIpc) is 2.91. The number of nitrogens with zero attached hydrogens (tertiary/aromatic N) is 4. The van der Waals surface area contributed by atoms with Crippen LogP contribution in [0.3, 0.4) is 0 Å². The van der Waals surface area contributed by atoms with Crippen molar-refractivity contribution in [1.29, 1.82) is 5.26 Å². The van der Waals surface area contributed by atoms with Gasteiger partial charge in [-0.05, 0) is 42.8 Å². The van der Waals surface area contributed by atoms with Gasteiger partial charge < -0.3 is 24.4 Å². The molecule has 0 aliphatic carbocycles. The first-order valence-corrected chi connectivity index (χ1v) is 12.0. The van der Waals surface area contributed by atoms with Crippen LogP contribution in [-0.2, 0) is 9.47 Å². The standard InChI is InChI=1S/C27H29N5O3/c1-19-5-6-21(17-25(19)32-11-15-34-16-12-32)30-27-29-10-7-24(31-27)23-4-2-3-20(18-28)26(23)35-22-8-13-33-14-9-22/h2-7,10,17,22H,8-9,11-16H2,1H3,(H,29,30,31). The van der Waals surface area contributed by atoms with Gasteiger partial charge in [-0.25, -0.2) is 9.97 Å². The molecule has 0 saturated carbocycles. The van der Waals surface area contributed by atoms with E-state index in [9.17, 15) is 5.26 Å². The van der Waals surface area contributed by atoms with E-state index in [1.807, 2.05) is 24.3 Å². The molecule has 2 aliphatic heterocycles. The monoisotopic (exact) mass is 471 g/mol. The molecule has 3 heterocycles. The third kappa shape index (κ3) is 5.37. The van der Waals surface area contributed by atoms with Crippen LogP contribution in [0.25, 0.3) is 11.3 Å². The molecule has 1 aromatic heterocycles. The van der Waals surface area contributed by atoms with Gasteiger partial charge in [-0.2, -0.15) is 5.26 Å². The van der Waals surface area contributed by atoms with Gasteiger partial charge in [0.25, 0.3) is 0 Å². The van der Waals surface area contributed by atoms with Crippen molar-refractivity contribution in [3.05, 3.63) is 59.8 Å². The van der Waals surface area contributed by atoms with Crippen LogP contribution in [-0.4, -0.2) is 55.6 Å². The molecule has 1 N–H and O–H groups in total. The molecule has 8 nitrogen and oxygen atoms in total. The molecule has 0 spiro atoms. The Kier molecular flexibility index (Phi) is 7.07. The molecule has 0 atom stereocenters. The third-order valence-corrected chi connectivity index (χ3v) is 6.34. The third-order valence-electron chi connectivity index (χ3n) is 6.34. The number of hydrogen-bond acceptors (Lipinski definition) is 8. The Morgan fingerprint density at radius 2 is 1.86 bits per heavy atom. The first-order valence-electron chi connectivity index (χ1n) is 12.0. The zero-order chi connectivity index (χ0) is 24.0. The summed E-state index contributed by atoms with van der Waals surface area (Å²) in [5.41, 5.74) is 5.29. The summed E-state index contributed by atoms with van der Waals surface area (Å²) < 4.78 is 17.3. The minimum atomic E-state index is 0.0163. The average molecular weight is 472 g/mol. The number of para-hydroxylation sites is 1. The van der Waals surface area contributed by atoms with E-state index in [-0.39, 0.29) is 6.10 Å². The molecule has 0 radical (unpaired) electrons. The topological polar surface area (TPSA) is 92.5 Å². The number of nitrogens with one attached hydrogen (secondary N) is 1. The molecular formula is C27H29N5O3. The summed E-state index contributed by atoms with van der Waals surface area (Å²) in [6.45, 7) is 6.68. The quantitative estimate of drug-likeness (QED) is 0.563. The molecule has 35 heavy (non-hydrogen) atoms. The van der Waals surface area contributed by atoms with Crippen molar-refractivity contribution >= 4 is 17.3 Å². The minimum absolute atomic E-state index is 0.0163. The smallest absolute Gasteiger partial charge is 0.227 e. The first kappa shape index (κ1) is 23.1. The maximum absolute atomic E-state index is 9.71. The molecule has 0 unspecified atom stereocenters. The normalized spacial score (nSPS) is 16.5. The Bertz CT molecular complexity index is 1210.